The summed E-state index contributed by atoms with van der Waals surface area (Å²) < 4.78 is 0. The maximum absolute atomic E-state index is 12.7. The van der Waals surface area contributed by atoms with Crippen molar-refractivity contribution in [3.05, 3.63) is 42.7 Å². The minimum absolute atomic E-state index is 0.0641. The molecule has 0 N–H and O–H groups in total. The Morgan fingerprint density at radius 1 is 1.24 bits per heavy atom. The number of amides is 2. The molecule has 0 spiro atoms. The first-order valence-electron chi connectivity index (χ1n) is 8.96. The molecule has 6 nitrogen and oxygen atoms in total. The van der Waals surface area contributed by atoms with E-state index in [0.717, 1.165) is 39.1 Å². The Morgan fingerprint density at radius 3 is 2.64 bits per heavy atom. The van der Waals surface area contributed by atoms with Crippen LogP contribution in [-0.4, -0.2) is 77.3 Å². The van der Waals surface area contributed by atoms with Gasteiger partial charge >= 0.3 is 0 Å². The number of likely N-dealkylation sites (tertiary alicyclic amines) is 1. The molecule has 2 fully saturated rings. The highest BCUT2D eigenvalue weighted by Crippen LogP contribution is 2.21. The van der Waals surface area contributed by atoms with E-state index in [1.165, 1.54) is 5.56 Å². The summed E-state index contributed by atoms with van der Waals surface area (Å²) in [5.41, 5.74) is 1.29. The van der Waals surface area contributed by atoms with Crippen molar-refractivity contribution in [3.63, 3.8) is 0 Å². The molecule has 3 heterocycles. The number of pyridine rings is 1. The van der Waals surface area contributed by atoms with Gasteiger partial charge in [-0.25, -0.2) is 0 Å². The van der Waals surface area contributed by atoms with Crippen molar-refractivity contribution in [3.8, 4) is 0 Å². The lowest BCUT2D eigenvalue weighted by Gasteiger charge is -2.35. The van der Waals surface area contributed by atoms with E-state index in [0.29, 0.717) is 19.5 Å². The molecular weight excluding hydrogens is 316 g/mol. The van der Waals surface area contributed by atoms with Crippen LogP contribution in [0.1, 0.15) is 12.0 Å². The zero-order valence-electron chi connectivity index (χ0n) is 14.6. The first-order valence-corrected chi connectivity index (χ1v) is 8.96. The maximum atomic E-state index is 12.7. The van der Waals surface area contributed by atoms with Crippen molar-refractivity contribution in [2.45, 2.75) is 12.8 Å². The monoisotopic (exact) mass is 342 g/mol. The highest BCUT2D eigenvalue weighted by molar-refractivity contribution is 5.89. The van der Waals surface area contributed by atoms with Gasteiger partial charge in [0, 0.05) is 64.6 Å². The number of nitrogens with zero attached hydrogens (tertiary/aromatic N) is 4. The van der Waals surface area contributed by atoms with Gasteiger partial charge in [0.05, 0.1) is 5.92 Å². The van der Waals surface area contributed by atoms with Crippen LogP contribution in [-0.2, 0) is 16.0 Å². The van der Waals surface area contributed by atoms with E-state index in [9.17, 15) is 9.59 Å². The normalized spacial score (nSPS) is 21.6. The van der Waals surface area contributed by atoms with E-state index in [1.54, 1.807) is 11.0 Å². The molecule has 2 saturated heterocycles. The minimum atomic E-state index is -0.184. The predicted octanol–water partition coefficient (Wildman–Crippen LogP) is 0.803. The number of piperazine rings is 1. The molecule has 2 aliphatic heterocycles. The van der Waals surface area contributed by atoms with Crippen LogP contribution in [0.25, 0.3) is 0 Å². The smallest absolute Gasteiger partial charge is 0.228 e. The fourth-order valence-corrected chi connectivity index (χ4v) is 3.56. The lowest BCUT2D eigenvalue weighted by atomic mass is 10.1. The average molecular weight is 342 g/mol. The summed E-state index contributed by atoms with van der Waals surface area (Å²) in [6.07, 6.45) is 6.71. The van der Waals surface area contributed by atoms with Crippen molar-refractivity contribution in [2.24, 2.45) is 5.92 Å². The lowest BCUT2D eigenvalue weighted by molar-refractivity contribution is -0.137. The van der Waals surface area contributed by atoms with E-state index in [1.807, 2.05) is 29.4 Å². The molecule has 2 aliphatic rings. The minimum Gasteiger partial charge on any atom is -0.340 e. The van der Waals surface area contributed by atoms with Gasteiger partial charge in [0.15, 0.2) is 0 Å². The fourth-order valence-electron chi connectivity index (χ4n) is 3.56. The van der Waals surface area contributed by atoms with Crippen LogP contribution in [0.4, 0.5) is 0 Å². The van der Waals surface area contributed by atoms with E-state index < -0.39 is 0 Å². The molecule has 1 aromatic heterocycles. The highest BCUT2D eigenvalue weighted by atomic mass is 16.2. The molecule has 1 aromatic rings. The number of hydrogen-bond donors (Lipinski definition) is 0. The van der Waals surface area contributed by atoms with Gasteiger partial charge in [-0.05, 0) is 24.1 Å². The molecule has 6 heteroatoms. The summed E-state index contributed by atoms with van der Waals surface area (Å²) >= 11 is 0. The quantitative estimate of drug-likeness (QED) is 0.718. The summed E-state index contributed by atoms with van der Waals surface area (Å²) in [5, 5.41) is 0. The zero-order chi connectivity index (χ0) is 17.6. The van der Waals surface area contributed by atoms with Gasteiger partial charge < -0.3 is 9.80 Å². The van der Waals surface area contributed by atoms with Crippen LogP contribution >= 0.6 is 0 Å². The third kappa shape index (κ3) is 4.45. The molecular formula is C19H26N4O2. The highest BCUT2D eigenvalue weighted by Gasteiger charge is 2.36. The number of rotatable bonds is 6. The molecule has 0 saturated carbocycles. The van der Waals surface area contributed by atoms with Crippen molar-refractivity contribution in [1.29, 1.82) is 0 Å². The Bertz CT molecular complexity index is 611. The Balaban J connectivity index is 1.43. The van der Waals surface area contributed by atoms with Crippen LogP contribution in [0.2, 0.25) is 0 Å². The number of aromatic nitrogens is 1. The summed E-state index contributed by atoms with van der Waals surface area (Å²) in [7, 11) is 0. The Labute approximate surface area is 149 Å². The van der Waals surface area contributed by atoms with Gasteiger partial charge in [0.2, 0.25) is 11.8 Å². The maximum Gasteiger partial charge on any atom is 0.228 e. The second kappa shape index (κ2) is 8.25. The van der Waals surface area contributed by atoms with Crippen molar-refractivity contribution in [1.82, 2.24) is 19.7 Å². The Hall–Kier alpha value is -2.21. The molecule has 0 aliphatic carbocycles. The number of carbonyl (C=O) groups excluding carboxylic acids is 2. The Morgan fingerprint density at radius 2 is 1.96 bits per heavy atom. The topological polar surface area (TPSA) is 56.8 Å². The number of carbonyl (C=O) groups is 2. The molecule has 2 amide bonds. The van der Waals surface area contributed by atoms with Crippen molar-refractivity contribution < 1.29 is 9.59 Å². The first kappa shape index (κ1) is 17.6. The first-order chi connectivity index (χ1) is 12.2. The van der Waals surface area contributed by atoms with E-state index in [2.05, 4.69) is 16.5 Å². The van der Waals surface area contributed by atoms with Gasteiger partial charge in [-0.15, -0.1) is 6.58 Å². The fraction of sp³-hybridized carbons (Fsp3) is 0.526. The third-order valence-corrected chi connectivity index (χ3v) is 5.06. The van der Waals surface area contributed by atoms with Gasteiger partial charge in [0.1, 0.15) is 0 Å². The standard InChI is InChI=1S/C19H26N4O2/c1-2-8-23-15-17(14-18(23)24)19(25)22-12-10-21(11-13-22)9-5-16-3-6-20-7-4-16/h2-4,6-7,17H,1,5,8-15H2/t17-/m1/s1. The zero-order valence-corrected chi connectivity index (χ0v) is 14.6. The molecule has 0 bridgehead atoms. The molecule has 0 unspecified atom stereocenters. The van der Waals surface area contributed by atoms with E-state index >= 15 is 0 Å². The molecule has 0 aromatic carbocycles. The van der Waals surface area contributed by atoms with Crippen LogP contribution in [0.15, 0.2) is 37.2 Å². The van der Waals surface area contributed by atoms with Crippen LogP contribution in [0, 0.1) is 5.92 Å². The van der Waals surface area contributed by atoms with Gasteiger partial charge in [-0.1, -0.05) is 6.08 Å². The summed E-state index contributed by atoms with van der Waals surface area (Å²) in [5.74, 6) is 0.0127. The van der Waals surface area contributed by atoms with E-state index in [4.69, 9.17) is 0 Å². The molecule has 3 rings (SSSR count). The average Bonchev–Trinajstić information content (AvgIpc) is 3.02. The van der Waals surface area contributed by atoms with Gasteiger partial charge in [-0.2, -0.15) is 0 Å². The van der Waals surface area contributed by atoms with Crippen LogP contribution in [0.3, 0.4) is 0 Å². The van der Waals surface area contributed by atoms with Crippen molar-refractivity contribution >= 4 is 11.8 Å². The number of hydrogen-bond acceptors (Lipinski definition) is 4. The van der Waals surface area contributed by atoms with Gasteiger partial charge in [0.25, 0.3) is 0 Å². The third-order valence-electron chi connectivity index (χ3n) is 5.06. The van der Waals surface area contributed by atoms with Crippen molar-refractivity contribution in [2.75, 3.05) is 45.8 Å². The lowest BCUT2D eigenvalue weighted by Crippen LogP contribution is -2.51. The Kier molecular flexibility index (Phi) is 5.81. The van der Waals surface area contributed by atoms with Crippen LogP contribution in [0.5, 0.6) is 0 Å². The summed E-state index contributed by atoms with van der Waals surface area (Å²) in [4.78, 5) is 34.7. The molecule has 1 atom stereocenters. The summed E-state index contributed by atoms with van der Waals surface area (Å²) in [6.45, 7) is 9.03. The molecule has 0 radical (unpaired) electrons. The largest absolute Gasteiger partial charge is 0.340 e. The van der Waals surface area contributed by atoms with Gasteiger partial charge in [-0.3, -0.25) is 19.5 Å². The SMILES string of the molecule is C=CCN1C[C@H](C(=O)N2CCN(CCc3ccncc3)CC2)CC1=O. The van der Waals surface area contributed by atoms with Crippen LogP contribution < -0.4 is 0 Å². The molecule has 25 heavy (non-hydrogen) atoms. The second-order valence-corrected chi connectivity index (χ2v) is 6.76. The molecule has 134 valence electrons. The van der Waals surface area contributed by atoms with E-state index in [-0.39, 0.29) is 17.7 Å². The summed E-state index contributed by atoms with van der Waals surface area (Å²) in [6, 6.07) is 4.10. The second-order valence-electron chi connectivity index (χ2n) is 6.76. The predicted molar refractivity (Wildman–Crippen MR) is 95.8 cm³/mol.